The predicted octanol–water partition coefficient (Wildman–Crippen LogP) is 1.43. The van der Waals surface area contributed by atoms with Crippen LogP contribution in [-0.4, -0.2) is 30.6 Å². The summed E-state index contributed by atoms with van der Waals surface area (Å²) in [4.78, 5) is 12.0. The van der Waals surface area contributed by atoms with Crippen molar-refractivity contribution < 1.29 is 9.90 Å². The van der Waals surface area contributed by atoms with Gasteiger partial charge in [0, 0.05) is 17.7 Å². The van der Waals surface area contributed by atoms with Gasteiger partial charge in [-0.25, -0.2) is 0 Å². The summed E-state index contributed by atoms with van der Waals surface area (Å²) in [5.74, 6) is 0.580. The fraction of sp³-hybridized carbons (Fsp3) is 0.500. The SMILES string of the molecule is Cc1c(O)cccc1C(=O)NCC1CCCNC1. The van der Waals surface area contributed by atoms with Crippen LogP contribution in [0, 0.1) is 12.8 Å². The summed E-state index contributed by atoms with van der Waals surface area (Å²) in [5.41, 5.74) is 1.19. The summed E-state index contributed by atoms with van der Waals surface area (Å²) < 4.78 is 0. The second kappa shape index (κ2) is 5.87. The molecule has 4 nitrogen and oxygen atoms in total. The molecule has 0 spiro atoms. The van der Waals surface area contributed by atoms with Crippen LogP contribution >= 0.6 is 0 Å². The molecule has 0 radical (unpaired) electrons. The first-order valence-electron chi connectivity index (χ1n) is 6.46. The van der Waals surface area contributed by atoms with Crippen LogP contribution in [-0.2, 0) is 0 Å². The quantitative estimate of drug-likeness (QED) is 0.758. The molecule has 1 saturated heterocycles. The van der Waals surface area contributed by atoms with Gasteiger partial charge >= 0.3 is 0 Å². The molecular weight excluding hydrogens is 228 g/mol. The Morgan fingerprint density at radius 1 is 1.56 bits per heavy atom. The van der Waals surface area contributed by atoms with Gasteiger partial charge in [0.05, 0.1) is 0 Å². The maximum atomic E-state index is 12.0. The van der Waals surface area contributed by atoms with Crippen molar-refractivity contribution in [1.82, 2.24) is 10.6 Å². The van der Waals surface area contributed by atoms with Crippen LogP contribution in [0.15, 0.2) is 18.2 Å². The molecule has 1 aromatic rings. The molecular formula is C14H20N2O2. The van der Waals surface area contributed by atoms with Crippen LogP contribution in [0.4, 0.5) is 0 Å². The summed E-state index contributed by atoms with van der Waals surface area (Å²) >= 11 is 0. The summed E-state index contributed by atoms with van der Waals surface area (Å²) in [6.07, 6.45) is 2.33. The first-order chi connectivity index (χ1) is 8.68. The van der Waals surface area contributed by atoms with Crippen molar-refractivity contribution in [1.29, 1.82) is 0 Å². The van der Waals surface area contributed by atoms with Gasteiger partial charge in [0.1, 0.15) is 5.75 Å². The van der Waals surface area contributed by atoms with Gasteiger partial charge in [0.15, 0.2) is 0 Å². The monoisotopic (exact) mass is 248 g/mol. The van der Waals surface area contributed by atoms with Crippen molar-refractivity contribution in [3.8, 4) is 5.75 Å². The van der Waals surface area contributed by atoms with Gasteiger partial charge < -0.3 is 15.7 Å². The molecule has 0 bridgehead atoms. The van der Waals surface area contributed by atoms with E-state index in [1.165, 1.54) is 6.42 Å². The van der Waals surface area contributed by atoms with Gasteiger partial charge in [-0.3, -0.25) is 4.79 Å². The third-order valence-electron chi connectivity index (χ3n) is 3.50. The highest BCUT2D eigenvalue weighted by Gasteiger charge is 2.16. The molecule has 0 aromatic heterocycles. The van der Waals surface area contributed by atoms with Crippen LogP contribution < -0.4 is 10.6 Å². The van der Waals surface area contributed by atoms with E-state index < -0.39 is 0 Å². The lowest BCUT2D eigenvalue weighted by molar-refractivity contribution is 0.0944. The highest BCUT2D eigenvalue weighted by atomic mass is 16.3. The zero-order valence-electron chi connectivity index (χ0n) is 10.7. The Morgan fingerprint density at radius 3 is 3.11 bits per heavy atom. The van der Waals surface area contributed by atoms with Gasteiger partial charge in [-0.1, -0.05) is 6.07 Å². The zero-order valence-corrected chi connectivity index (χ0v) is 10.7. The molecule has 1 atom stereocenters. The maximum Gasteiger partial charge on any atom is 0.251 e. The number of rotatable bonds is 3. The van der Waals surface area contributed by atoms with Gasteiger partial charge in [-0.05, 0) is 50.9 Å². The van der Waals surface area contributed by atoms with E-state index in [4.69, 9.17) is 0 Å². The Morgan fingerprint density at radius 2 is 2.39 bits per heavy atom. The highest BCUT2D eigenvalue weighted by molar-refractivity contribution is 5.96. The largest absolute Gasteiger partial charge is 0.508 e. The highest BCUT2D eigenvalue weighted by Crippen LogP contribution is 2.19. The van der Waals surface area contributed by atoms with Gasteiger partial charge in [-0.15, -0.1) is 0 Å². The van der Waals surface area contributed by atoms with Crippen LogP contribution in [0.25, 0.3) is 0 Å². The Kier molecular flexibility index (Phi) is 4.20. The molecule has 4 heteroatoms. The fourth-order valence-electron chi connectivity index (χ4n) is 2.30. The number of carbonyl (C=O) groups is 1. The number of hydrogen-bond donors (Lipinski definition) is 3. The van der Waals surface area contributed by atoms with E-state index in [0.29, 0.717) is 23.6 Å². The Balaban J connectivity index is 1.93. The number of carbonyl (C=O) groups excluding carboxylic acids is 1. The summed E-state index contributed by atoms with van der Waals surface area (Å²) in [7, 11) is 0. The van der Waals surface area contributed by atoms with Crippen LogP contribution in [0.1, 0.15) is 28.8 Å². The number of benzene rings is 1. The Hall–Kier alpha value is -1.55. The molecule has 1 fully saturated rings. The van der Waals surface area contributed by atoms with E-state index >= 15 is 0 Å². The molecule has 1 amide bonds. The van der Waals surface area contributed by atoms with E-state index in [0.717, 1.165) is 19.5 Å². The Bertz CT molecular complexity index is 426. The first-order valence-corrected chi connectivity index (χ1v) is 6.46. The zero-order chi connectivity index (χ0) is 13.0. The van der Waals surface area contributed by atoms with Crippen molar-refractivity contribution in [2.75, 3.05) is 19.6 Å². The third-order valence-corrected chi connectivity index (χ3v) is 3.50. The number of aromatic hydroxyl groups is 1. The predicted molar refractivity (Wildman–Crippen MR) is 70.8 cm³/mol. The van der Waals surface area contributed by atoms with E-state index in [2.05, 4.69) is 10.6 Å². The van der Waals surface area contributed by atoms with Crippen molar-refractivity contribution in [2.45, 2.75) is 19.8 Å². The maximum absolute atomic E-state index is 12.0. The Labute approximate surface area is 107 Å². The molecule has 0 aliphatic carbocycles. The van der Waals surface area contributed by atoms with Crippen molar-refractivity contribution >= 4 is 5.91 Å². The lowest BCUT2D eigenvalue weighted by Gasteiger charge is -2.23. The molecule has 0 saturated carbocycles. The first kappa shape index (κ1) is 12.9. The standard InChI is InChI=1S/C14H20N2O2/c1-10-12(5-2-6-13(10)17)14(18)16-9-11-4-3-7-15-8-11/h2,5-6,11,15,17H,3-4,7-9H2,1H3,(H,16,18). The number of piperidine rings is 1. The van der Waals surface area contributed by atoms with Crippen LogP contribution in [0.2, 0.25) is 0 Å². The van der Waals surface area contributed by atoms with E-state index in [1.807, 2.05) is 0 Å². The van der Waals surface area contributed by atoms with E-state index in [1.54, 1.807) is 25.1 Å². The normalized spacial score (nSPS) is 19.5. The van der Waals surface area contributed by atoms with Crippen molar-refractivity contribution in [3.63, 3.8) is 0 Å². The summed E-state index contributed by atoms with van der Waals surface area (Å²) in [6.45, 7) is 4.50. The number of amides is 1. The number of nitrogens with one attached hydrogen (secondary N) is 2. The number of phenols is 1. The molecule has 3 N–H and O–H groups in total. The van der Waals surface area contributed by atoms with Crippen LogP contribution in [0.3, 0.4) is 0 Å². The molecule has 1 aliphatic rings. The minimum Gasteiger partial charge on any atom is -0.508 e. The lowest BCUT2D eigenvalue weighted by atomic mass is 9.99. The van der Waals surface area contributed by atoms with Gasteiger partial charge in [0.2, 0.25) is 0 Å². The third kappa shape index (κ3) is 3.01. The molecule has 1 aromatic carbocycles. The number of phenolic OH excluding ortho intramolecular Hbond substituents is 1. The molecule has 98 valence electrons. The second-order valence-electron chi connectivity index (χ2n) is 4.87. The fourth-order valence-corrected chi connectivity index (χ4v) is 2.30. The topological polar surface area (TPSA) is 61.4 Å². The second-order valence-corrected chi connectivity index (χ2v) is 4.87. The molecule has 18 heavy (non-hydrogen) atoms. The van der Waals surface area contributed by atoms with Crippen molar-refractivity contribution in [3.05, 3.63) is 29.3 Å². The minimum atomic E-state index is -0.103. The van der Waals surface area contributed by atoms with Gasteiger partial charge in [-0.2, -0.15) is 0 Å². The molecule has 1 heterocycles. The summed E-state index contributed by atoms with van der Waals surface area (Å²) in [6, 6.07) is 5.03. The average Bonchev–Trinajstić information content (AvgIpc) is 2.40. The number of hydrogen-bond acceptors (Lipinski definition) is 3. The smallest absolute Gasteiger partial charge is 0.251 e. The molecule has 1 aliphatic heterocycles. The van der Waals surface area contributed by atoms with E-state index in [9.17, 15) is 9.90 Å². The minimum absolute atomic E-state index is 0.103. The average molecular weight is 248 g/mol. The molecule has 1 unspecified atom stereocenters. The summed E-state index contributed by atoms with van der Waals surface area (Å²) in [5, 5.41) is 15.9. The van der Waals surface area contributed by atoms with Gasteiger partial charge in [0.25, 0.3) is 5.91 Å². The molecule has 2 rings (SSSR count). The van der Waals surface area contributed by atoms with Crippen molar-refractivity contribution in [2.24, 2.45) is 5.92 Å². The van der Waals surface area contributed by atoms with Crippen LogP contribution in [0.5, 0.6) is 5.75 Å². The van der Waals surface area contributed by atoms with E-state index in [-0.39, 0.29) is 11.7 Å². The lowest BCUT2D eigenvalue weighted by Crippen LogP contribution is -2.38.